The Morgan fingerprint density at radius 1 is 0.926 bits per heavy atom. The van der Waals surface area contributed by atoms with E-state index in [-0.39, 0.29) is 6.03 Å². The van der Waals surface area contributed by atoms with Crippen molar-refractivity contribution in [3.63, 3.8) is 0 Å². The van der Waals surface area contributed by atoms with Gasteiger partial charge < -0.3 is 15.0 Å². The molecule has 1 saturated carbocycles. The van der Waals surface area contributed by atoms with Crippen molar-refractivity contribution < 1.29 is 14.3 Å². The van der Waals surface area contributed by atoms with Gasteiger partial charge in [-0.25, -0.2) is 9.59 Å². The molecule has 1 aliphatic rings. The van der Waals surface area contributed by atoms with Crippen LogP contribution in [0.2, 0.25) is 0 Å². The fourth-order valence-corrected chi connectivity index (χ4v) is 3.26. The van der Waals surface area contributed by atoms with Crippen LogP contribution in [-0.4, -0.2) is 35.7 Å². The van der Waals surface area contributed by atoms with Crippen molar-refractivity contribution in [2.45, 2.75) is 77.4 Å². The molecule has 2 rings (SSSR count). The van der Waals surface area contributed by atoms with Crippen LogP contribution >= 0.6 is 0 Å². The maximum absolute atomic E-state index is 12.6. The van der Waals surface area contributed by atoms with E-state index in [9.17, 15) is 9.59 Å². The molecule has 0 unspecified atom stereocenters. The lowest BCUT2D eigenvalue weighted by molar-refractivity contribution is 0.0636. The minimum absolute atomic E-state index is 0.0894. The summed E-state index contributed by atoms with van der Waals surface area (Å²) in [6.07, 6.45) is 7.86. The number of nitrogens with zero attached hydrogens (tertiary/aromatic N) is 1. The summed E-state index contributed by atoms with van der Waals surface area (Å²) in [4.78, 5) is 26.2. The molecule has 1 fully saturated rings. The lowest BCUT2D eigenvalue weighted by Crippen LogP contribution is -2.40. The van der Waals surface area contributed by atoms with Crippen molar-refractivity contribution in [3.8, 4) is 0 Å². The van der Waals surface area contributed by atoms with E-state index in [1.807, 2.05) is 32.7 Å². The summed E-state index contributed by atoms with van der Waals surface area (Å²) in [6, 6.07) is 7.25. The fraction of sp³-hybridized carbons (Fsp3) is 0.619. The Labute approximate surface area is 162 Å². The molecule has 0 aromatic heterocycles. The molecule has 1 aromatic rings. The maximum Gasteiger partial charge on any atom is 0.412 e. The van der Waals surface area contributed by atoms with Crippen molar-refractivity contribution in [2.75, 3.05) is 17.7 Å². The third kappa shape index (κ3) is 7.49. The van der Waals surface area contributed by atoms with Crippen LogP contribution in [0.3, 0.4) is 0 Å². The zero-order valence-electron chi connectivity index (χ0n) is 17.0. The van der Waals surface area contributed by atoms with Gasteiger partial charge >= 0.3 is 12.1 Å². The minimum atomic E-state index is -0.542. The molecule has 0 bridgehead atoms. The Balaban J connectivity index is 1.87. The van der Waals surface area contributed by atoms with Gasteiger partial charge in [-0.1, -0.05) is 32.1 Å². The maximum atomic E-state index is 12.6. The number of rotatable bonds is 3. The highest BCUT2D eigenvalue weighted by Gasteiger charge is 2.21. The highest BCUT2D eigenvalue weighted by atomic mass is 16.6. The number of amides is 3. The van der Waals surface area contributed by atoms with Crippen LogP contribution in [-0.2, 0) is 4.74 Å². The Hall–Kier alpha value is -2.24. The normalized spacial score (nSPS) is 16.0. The second-order valence-electron chi connectivity index (χ2n) is 8.24. The summed E-state index contributed by atoms with van der Waals surface area (Å²) >= 11 is 0. The topological polar surface area (TPSA) is 70.7 Å². The molecule has 6 heteroatoms. The third-order valence-corrected chi connectivity index (χ3v) is 4.72. The molecule has 3 amide bonds. The molecule has 2 N–H and O–H groups in total. The average Bonchev–Trinajstić information content (AvgIpc) is 2.54. The van der Waals surface area contributed by atoms with Gasteiger partial charge in [-0.3, -0.25) is 5.32 Å². The monoisotopic (exact) mass is 375 g/mol. The lowest BCUT2D eigenvalue weighted by atomic mass is 9.96. The number of nitrogens with one attached hydrogen (secondary N) is 2. The predicted octanol–water partition coefficient (Wildman–Crippen LogP) is 5.61. The fourth-order valence-electron chi connectivity index (χ4n) is 3.26. The summed E-state index contributed by atoms with van der Waals surface area (Å²) in [5, 5.41) is 5.62. The minimum Gasteiger partial charge on any atom is -0.444 e. The molecule has 1 aliphatic carbocycles. The Morgan fingerprint density at radius 3 is 1.93 bits per heavy atom. The molecule has 0 heterocycles. The number of carbonyl (C=O) groups is 2. The number of ether oxygens (including phenoxy) is 1. The van der Waals surface area contributed by atoms with Gasteiger partial charge in [-0.2, -0.15) is 0 Å². The molecule has 0 spiro atoms. The van der Waals surface area contributed by atoms with E-state index in [1.165, 1.54) is 32.1 Å². The SMILES string of the molecule is CN(C(=O)Nc1ccc(NC(=O)OC(C)(C)C)cc1)C1CCCCCCC1. The highest BCUT2D eigenvalue weighted by molar-refractivity contribution is 5.90. The first-order valence-corrected chi connectivity index (χ1v) is 9.88. The number of benzene rings is 1. The largest absolute Gasteiger partial charge is 0.444 e. The van der Waals surface area contributed by atoms with Crippen LogP contribution < -0.4 is 10.6 Å². The molecular formula is C21H33N3O3. The van der Waals surface area contributed by atoms with Gasteiger partial charge in [0.1, 0.15) is 5.60 Å². The van der Waals surface area contributed by atoms with Crippen molar-refractivity contribution in [1.82, 2.24) is 4.90 Å². The molecule has 0 radical (unpaired) electrons. The Kier molecular flexibility index (Phi) is 7.51. The van der Waals surface area contributed by atoms with Crippen molar-refractivity contribution in [3.05, 3.63) is 24.3 Å². The van der Waals surface area contributed by atoms with Gasteiger partial charge in [0.2, 0.25) is 0 Å². The van der Waals surface area contributed by atoms with Crippen molar-refractivity contribution in [1.29, 1.82) is 0 Å². The zero-order valence-corrected chi connectivity index (χ0v) is 17.0. The van der Waals surface area contributed by atoms with Crippen LogP contribution in [0.1, 0.15) is 65.7 Å². The molecule has 0 atom stereocenters. The van der Waals surface area contributed by atoms with Crippen molar-refractivity contribution >= 4 is 23.5 Å². The first kappa shape index (κ1) is 21.1. The second-order valence-corrected chi connectivity index (χ2v) is 8.24. The Bertz CT molecular complexity index is 615. The first-order valence-electron chi connectivity index (χ1n) is 9.88. The predicted molar refractivity (Wildman–Crippen MR) is 109 cm³/mol. The van der Waals surface area contributed by atoms with Gasteiger partial charge in [-0.15, -0.1) is 0 Å². The number of urea groups is 1. The number of hydrogen-bond acceptors (Lipinski definition) is 3. The van der Waals surface area contributed by atoms with Crippen LogP contribution in [0.4, 0.5) is 21.0 Å². The number of anilines is 2. The van der Waals surface area contributed by atoms with Gasteiger partial charge in [0.15, 0.2) is 0 Å². The van der Waals surface area contributed by atoms with Crippen molar-refractivity contribution in [2.24, 2.45) is 0 Å². The summed E-state index contributed by atoms with van der Waals surface area (Å²) in [6.45, 7) is 5.45. The lowest BCUT2D eigenvalue weighted by Gasteiger charge is -2.29. The van der Waals surface area contributed by atoms with Crippen LogP contribution in [0.15, 0.2) is 24.3 Å². The molecular weight excluding hydrogens is 342 g/mol. The second kappa shape index (κ2) is 9.62. The molecule has 6 nitrogen and oxygen atoms in total. The van der Waals surface area contributed by atoms with Crippen LogP contribution in [0.25, 0.3) is 0 Å². The zero-order chi connectivity index (χ0) is 19.9. The van der Waals surface area contributed by atoms with Crippen LogP contribution in [0, 0.1) is 0 Å². The van der Waals surface area contributed by atoms with E-state index >= 15 is 0 Å². The average molecular weight is 376 g/mol. The van der Waals surface area contributed by atoms with E-state index in [2.05, 4.69) is 10.6 Å². The van der Waals surface area contributed by atoms with Gasteiger partial charge in [0.25, 0.3) is 0 Å². The molecule has 0 saturated heterocycles. The highest BCUT2D eigenvalue weighted by Crippen LogP contribution is 2.22. The van der Waals surface area contributed by atoms with E-state index in [0.29, 0.717) is 17.4 Å². The summed E-state index contributed by atoms with van der Waals surface area (Å²) in [5.74, 6) is 0. The number of carbonyl (C=O) groups excluding carboxylic acids is 2. The van der Waals surface area contributed by atoms with Crippen LogP contribution in [0.5, 0.6) is 0 Å². The summed E-state index contributed by atoms with van der Waals surface area (Å²) in [5.41, 5.74) is 0.780. The molecule has 27 heavy (non-hydrogen) atoms. The smallest absolute Gasteiger partial charge is 0.412 e. The quantitative estimate of drug-likeness (QED) is 0.721. The van der Waals surface area contributed by atoms with Gasteiger partial charge in [-0.05, 0) is 57.9 Å². The van der Waals surface area contributed by atoms with E-state index in [4.69, 9.17) is 4.74 Å². The van der Waals surface area contributed by atoms with E-state index in [0.717, 1.165) is 12.8 Å². The Morgan fingerprint density at radius 2 is 1.41 bits per heavy atom. The third-order valence-electron chi connectivity index (χ3n) is 4.72. The first-order chi connectivity index (χ1) is 12.7. The summed E-state index contributed by atoms with van der Waals surface area (Å²) < 4.78 is 5.23. The standard InChI is InChI=1S/C21H33N3O3/c1-21(2,3)27-20(26)23-17-14-12-16(13-15-17)22-19(25)24(4)18-10-8-6-5-7-9-11-18/h12-15,18H,5-11H2,1-4H3,(H,22,25)(H,23,26). The van der Waals surface area contributed by atoms with E-state index < -0.39 is 11.7 Å². The molecule has 1 aromatic carbocycles. The van der Waals surface area contributed by atoms with Gasteiger partial charge in [0.05, 0.1) is 0 Å². The molecule has 150 valence electrons. The summed E-state index contributed by atoms with van der Waals surface area (Å²) in [7, 11) is 1.88. The number of hydrogen-bond donors (Lipinski definition) is 2. The van der Waals surface area contributed by atoms with E-state index in [1.54, 1.807) is 24.3 Å². The van der Waals surface area contributed by atoms with Gasteiger partial charge in [0, 0.05) is 24.5 Å². The molecule has 0 aliphatic heterocycles.